The molecule has 4 heteroatoms. The highest BCUT2D eigenvalue weighted by atomic mass is 16.4. The first kappa shape index (κ1) is 11.1. The van der Waals surface area contributed by atoms with Gasteiger partial charge in [0.1, 0.15) is 5.82 Å². The first-order valence-corrected chi connectivity index (χ1v) is 4.57. The van der Waals surface area contributed by atoms with E-state index in [9.17, 15) is 4.79 Å². The number of hydrogen-bond acceptors (Lipinski definition) is 3. The van der Waals surface area contributed by atoms with Gasteiger partial charge in [-0.05, 0) is 19.1 Å². The van der Waals surface area contributed by atoms with Crippen molar-refractivity contribution in [3.63, 3.8) is 0 Å². The van der Waals surface area contributed by atoms with Crippen LogP contribution in [0, 0.1) is 12.3 Å². The molecule has 0 aliphatic rings. The summed E-state index contributed by atoms with van der Waals surface area (Å²) in [5.41, 5.74) is 0.0305. The number of carboxylic acids is 1. The molecular weight excluding hydrogens is 192 g/mol. The van der Waals surface area contributed by atoms with E-state index in [-0.39, 0.29) is 5.69 Å². The number of carboxylic acid groups (broad SMARTS) is 1. The molecule has 0 spiro atoms. The van der Waals surface area contributed by atoms with Crippen molar-refractivity contribution in [1.29, 1.82) is 0 Å². The Kier molecular flexibility index (Phi) is 3.69. The molecule has 1 heterocycles. The molecule has 1 aromatic heterocycles. The number of anilines is 1. The lowest BCUT2D eigenvalue weighted by atomic mass is 10.3. The van der Waals surface area contributed by atoms with E-state index in [0.717, 1.165) is 0 Å². The van der Waals surface area contributed by atoms with E-state index in [1.54, 1.807) is 12.1 Å². The maximum absolute atomic E-state index is 10.7. The molecular formula is C11H12N2O2. The number of hydrogen-bond donors (Lipinski definition) is 1. The van der Waals surface area contributed by atoms with Gasteiger partial charge in [0, 0.05) is 6.54 Å². The summed E-state index contributed by atoms with van der Waals surface area (Å²) in [6.07, 6.45) is 5.20. The molecule has 1 rings (SSSR count). The molecule has 1 N–H and O–H groups in total. The Hall–Kier alpha value is -2.02. The van der Waals surface area contributed by atoms with Gasteiger partial charge in [0.15, 0.2) is 5.69 Å². The molecule has 0 saturated carbocycles. The Morgan fingerprint density at radius 1 is 1.67 bits per heavy atom. The van der Waals surface area contributed by atoms with E-state index in [0.29, 0.717) is 18.9 Å². The highest BCUT2D eigenvalue weighted by molar-refractivity contribution is 5.85. The van der Waals surface area contributed by atoms with Crippen LogP contribution in [0.1, 0.15) is 17.4 Å². The molecule has 0 aliphatic carbocycles. The number of aromatic carboxylic acids is 1. The minimum absolute atomic E-state index is 0.0305. The van der Waals surface area contributed by atoms with Gasteiger partial charge in [0.25, 0.3) is 0 Å². The number of rotatable bonds is 4. The van der Waals surface area contributed by atoms with E-state index in [4.69, 9.17) is 11.5 Å². The fraction of sp³-hybridized carbons (Fsp3) is 0.273. The molecule has 0 unspecified atom stereocenters. The third-order valence-corrected chi connectivity index (χ3v) is 1.94. The van der Waals surface area contributed by atoms with Crippen molar-refractivity contribution >= 4 is 11.8 Å². The van der Waals surface area contributed by atoms with Crippen LogP contribution >= 0.6 is 0 Å². The summed E-state index contributed by atoms with van der Waals surface area (Å²) in [4.78, 5) is 16.5. The van der Waals surface area contributed by atoms with Crippen LogP contribution in [0.2, 0.25) is 0 Å². The Bertz CT molecular complexity index is 396. The quantitative estimate of drug-likeness (QED) is 0.750. The monoisotopic (exact) mass is 204 g/mol. The molecule has 0 amide bonds. The van der Waals surface area contributed by atoms with Gasteiger partial charge >= 0.3 is 5.97 Å². The molecule has 0 aromatic carbocycles. The van der Waals surface area contributed by atoms with Gasteiger partial charge in [-0.3, -0.25) is 0 Å². The topological polar surface area (TPSA) is 53.4 Å². The first-order valence-electron chi connectivity index (χ1n) is 4.57. The van der Waals surface area contributed by atoms with Crippen LogP contribution in [0.3, 0.4) is 0 Å². The van der Waals surface area contributed by atoms with Crippen LogP contribution in [-0.2, 0) is 0 Å². The van der Waals surface area contributed by atoms with E-state index in [1.807, 2.05) is 11.8 Å². The fourth-order valence-corrected chi connectivity index (χ4v) is 1.18. The zero-order chi connectivity index (χ0) is 11.3. The number of aromatic nitrogens is 1. The normalized spacial score (nSPS) is 9.33. The molecule has 0 bridgehead atoms. The van der Waals surface area contributed by atoms with Gasteiger partial charge in [0.2, 0.25) is 0 Å². The van der Waals surface area contributed by atoms with Crippen molar-refractivity contribution in [1.82, 2.24) is 4.98 Å². The minimum Gasteiger partial charge on any atom is -0.477 e. The molecule has 4 nitrogen and oxygen atoms in total. The molecule has 0 aliphatic heterocycles. The molecule has 15 heavy (non-hydrogen) atoms. The largest absolute Gasteiger partial charge is 0.477 e. The highest BCUT2D eigenvalue weighted by Gasteiger charge is 2.08. The molecule has 78 valence electrons. The predicted molar refractivity (Wildman–Crippen MR) is 57.9 cm³/mol. The summed E-state index contributed by atoms with van der Waals surface area (Å²) in [5.74, 6) is 2.06. The Labute approximate surface area is 88.6 Å². The third kappa shape index (κ3) is 2.71. The molecule has 0 radical (unpaired) electrons. The smallest absolute Gasteiger partial charge is 0.354 e. The lowest BCUT2D eigenvalue weighted by molar-refractivity contribution is 0.0690. The molecule has 1 aromatic rings. The van der Waals surface area contributed by atoms with Crippen molar-refractivity contribution in [2.45, 2.75) is 6.92 Å². The fourth-order valence-electron chi connectivity index (χ4n) is 1.18. The Morgan fingerprint density at radius 2 is 2.40 bits per heavy atom. The predicted octanol–water partition coefficient (Wildman–Crippen LogP) is 1.24. The van der Waals surface area contributed by atoms with Crippen molar-refractivity contribution in [2.75, 3.05) is 18.0 Å². The summed E-state index contributed by atoms with van der Waals surface area (Å²) >= 11 is 0. The van der Waals surface area contributed by atoms with Gasteiger partial charge in [-0.1, -0.05) is 12.0 Å². The van der Waals surface area contributed by atoms with E-state index < -0.39 is 5.97 Å². The van der Waals surface area contributed by atoms with Crippen LogP contribution in [0.5, 0.6) is 0 Å². The van der Waals surface area contributed by atoms with Crippen LogP contribution in [0.15, 0.2) is 18.2 Å². The number of pyridine rings is 1. The maximum atomic E-state index is 10.7. The molecule has 0 atom stereocenters. The van der Waals surface area contributed by atoms with E-state index >= 15 is 0 Å². The number of carbonyl (C=O) groups is 1. The van der Waals surface area contributed by atoms with Gasteiger partial charge < -0.3 is 10.0 Å². The van der Waals surface area contributed by atoms with Gasteiger partial charge in [-0.2, -0.15) is 0 Å². The average Bonchev–Trinajstić information content (AvgIpc) is 2.26. The SMILES string of the molecule is C#CCN(CC)c1cccc(C(=O)O)n1. The lowest BCUT2D eigenvalue weighted by Crippen LogP contribution is -2.24. The number of terminal acetylenes is 1. The Balaban J connectivity index is 2.98. The first-order chi connectivity index (χ1) is 7.19. The number of nitrogens with zero attached hydrogens (tertiary/aromatic N) is 2. The molecule has 0 fully saturated rings. The van der Waals surface area contributed by atoms with Crippen LogP contribution in [0.4, 0.5) is 5.82 Å². The lowest BCUT2D eigenvalue weighted by Gasteiger charge is -2.18. The Morgan fingerprint density at radius 3 is 2.93 bits per heavy atom. The second-order valence-electron chi connectivity index (χ2n) is 2.90. The van der Waals surface area contributed by atoms with Crippen LogP contribution in [0.25, 0.3) is 0 Å². The van der Waals surface area contributed by atoms with Crippen molar-refractivity contribution in [3.05, 3.63) is 23.9 Å². The van der Waals surface area contributed by atoms with Crippen molar-refractivity contribution in [3.8, 4) is 12.3 Å². The van der Waals surface area contributed by atoms with Crippen molar-refractivity contribution in [2.24, 2.45) is 0 Å². The van der Waals surface area contributed by atoms with Crippen LogP contribution < -0.4 is 4.90 Å². The van der Waals surface area contributed by atoms with Gasteiger partial charge in [0.05, 0.1) is 6.54 Å². The zero-order valence-electron chi connectivity index (χ0n) is 8.47. The second kappa shape index (κ2) is 5.01. The summed E-state index contributed by atoms with van der Waals surface area (Å²) in [7, 11) is 0. The highest BCUT2D eigenvalue weighted by Crippen LogP contribution is 2.10. The maximum Gasteiger partial charge on any atom is 0.354 e. The van der Waals surface area contributed by atoms with E-state index in [1.165, 1.54) is 6.07 Å². The summed E-state index contributed by atoms with van der Waals surface area (Å²) in [6.45, 7) is 3.05. The standard InChI is InChI=1S/C11H12N2O2/c1-3-8-13(4-2)10-7-5-6-9(12-10)11(14)15/h1,5-7H,4,8H2,2H3,(H,14,15). The zero-order valence-corrected chi connectivity index (χ0v) is 8.47. The van der Waals surface area contributed by atoms with Gasteiger partial charge in [-0.25, -0.2) is 9.78 Å². The van der Waals surface area contributed by atoms with E-state index in [2.05, 4.69) is 10.9 Å². The summed E-state index contributed by atoms with van der Waals surface area (Å²) in [5, 5.41) is 8.77. The van der Waals surface area contributed by atoms with Crippen molar-refractivity contribution < 1.29 is 9.90 Å². The minimum atomic E-state index is -1.03. The third-order valence-electron chi connectivity index (χ3n) is 1.94. The summed E-state index contributed by atoms with van der Waals surface area (Å²) < 4.78 is 0. The average molecular weight is 204 g/mol. The second-order valence-corrected chi connectivity index (χ2v) is 2.90. The van der Waals surface area contributed by atoms with Gasteiger partial charge in [-0.15, -0.1) is 6.42 Å². The van der Waals surface area contributed by atoms with Crippen LogP contribution in [-0.4, -0.2) is 29.1 Å². The summed E-state index contributed by atoms with van der Waals surface area (Å²) in [6, 6.07) is 4.85. The molecule has 0 saturated heterocycles.